The maximum absolute atomic E-state index is 5.47. The zero-order valence-corrected chi connectivity index (χ0v) is 13.9. The molecule has 0 radical (unpaired) electrons. The van der Waals surface area contributed by atoms with Crippen LogP contribution >= 0.6 is 0 Å². The van der Waals surface area contributed by atoms with E-state index in [2.05, 4.69) is 32.7 Å². The van der Waals surface area contributed by atoms with Gasteiger partial charge in [-0.1, -0.05) is 20.8 Å². The van der Waals surface area contributed by atoms with Crippen LogP contribution in [-0.4, -0.2) is 42.4 Å². The average Bonchev–Trinajstić information content (AvgIpc) is 2.31. The summed E-state index contributed by atoms with van der Waals surface area (Å²) in [5.74, 6) is 0.663. The monoisotopic (exact) mass is 275 g/mol. The van der Waals surface area contributed by atoms with Crippen molar-refractivity contribution in [3.63, 3.8) is 0 Å². The first-order valence-electron chi connectivity index (χ1n) is 6.57. The summed E-state index contributed by atoms with van der Waals surface area (Å²) in [7, 11) is 2.47. The van der Waals surface area contributed by atoms with Gasteiger partial charge in [-0.3, -0.25) is 4.99 Å². The second-order valence-electron chi connectivity index (χ2n) is 5.12. The maximum Gasteiger partial charge on any atom is 0.503 e. The number of nitrogens with zero attached hydrogens (tertiary/aromatic N) is 1. The lowest BCUT2D eigenvalue weighted by atomic mass is 10.1. The van der Waals surface area contributed by atoms with E-state index in [0.717, 1.165) is 19.4 Å². The van der Waals surface area contributed by atoms with Gasteiger partial charge in [0.1, 0.15) is 0 Å². The van der Waals surface area contributed by atoms with E-state index < -0.39 is 8.80 Å². The fraction of sp³-hybridized carbons (Fsp3) is 0.923. The van der Waals surface area contributed by atoms with Crippen molar-refractivity contribution in [2.24, 2.45) is 10.9 Å². The average molecular weight is 275 g/mol. The summed E-state index contributed by atoms with van der Waals surface area (Å²) in [6.45, 7) is 9.43. The fourth-order valence-corrected chi connectivity index (χ4v) is 4.32. The first-order valence-corrected chi connectivity index (χ1v) is 8.37. The first kappa shape index (κ1) is 17.8. The molecule has 0 aromatic heterocycles. The zero-order valence-electron chi connectivity index (χ0n) is 12.9. The van der Waals surface area contributed by atoms with Crippen LogP contribution in [0, 0.1) is 5.92 Å². The molecule has 0 fully saturated rings. The summed E-state index contributed by atoms with van der Waals surface area (Å²) in [5.41, 5.74) is 1.48. The van der Waals surface area contributed by atoms with E-state index >= 15 is 0 Å². The topological polar surface area (TPSA) is 40.0 Å². The molecule has 0 saturated carbocycles. The normalized spacial score (nSPS) is 15.2. The van der Waals surface area contributed by atoms with E-state index in [0.29, 0.717) is 5.92 Å². The summed E-state index contributed by atoms with van der Waals surface area (Å²) in [4.78, 5) is 4.59. The molecule has 0 aliphatic rings. The Kier molecular flexibility index (Phi) is 8.68. The Hall–Kier alpha value is -0.233. The molecule has 5 heteroatoms. The number of rotatable bonds is 9. The molecule has 0 heterocycles. The second-order valence-corrected chi connectivity index (χ2v) is 8.54. The number of hydrogen-bond acceptors (Lipinski definition) is 4. The van der Waals surface area contributed by atoms with Crippen LogP contribution < -0.4 is 0 Å². The fourth-order valence-electron chi connectivity index (χ4n) is 2.13. The highest BCUT2D eigenvalue weighted by molar-refractivity contribution is 6.62. The summed E-state index contributed by atoms with van der Waals surface area (Å²) in [6.07, 6.45) is 1.99. The molecular formula is C13H29NO3Si. The van der Waals surface area contributed by atoms with Crippen LogP contribution in [0.15, 0.2) is 4.99 Å². The van der Waals surface area contributed by atoms with Gasteiger partial charge in [-0.05, 0) is 25.7 Å². The molecule has 0 aliphatic heterocycles. The van der Waals surface area contributed by atoms with E-state index in [1.54, 1.807) is 21.3 Å². The van der Waals surface area contributed by atoms with E-state index in [1.165, 1.54) is 5.71 Å². The Morgan fingerprint density at radius 3 is 1.94 bits per heavy atom. The van der Waals surface area contributed by atoms with Gasteiger partial charge < -0.3 is 13.3 Å². The van der Waals surface area contributed by atoms with E-state index in [4.69, 9.17) is 13.3 Å². The summed E-state index contributed by atoms with van der Waals surface area (Å²) < 4.78 is 16.4. The summed E-state index contributed by atoms with van der Waals surface area (Å²) in [5, 5.41) is 0. The predicted octanol–water partition coefficient (Wildman–Crippen LogP) is 3.15. The summed E-state index contributed by atoms with van der Waals surface area (Å²) >= 11 is 0. The van der Waals surface area contributed by atoms with Crippen molar-refractivity contribution in [3.8, 4) is 0 Å². The molecule has 0 aromatic rings. The molecule has 18 heavy (non-hydrogen) atoms. The van der Waals surface area contributed by atoms with Crippen molar-refractivity contribution in [2.75, 3.05) is 27.9 Å². The van der Waals surface area contributed by atoms with Gasteiger partial charge in [-0.2, -0.15) is 0 Å². The molecule has 1 atom stereocenters. The molecule has 0 amide bonds. The van der Waals surface area contributed by atoms with Gasteiger partial charge in [-0.15, -0.1) is 0 Å². The SMILES string of the molecule is CO[Si](OC)(OC)C(C)CCN=C(C)CC(C)C. The molecule has 108 valence electrons. The Labute approximate surface area is 113 Å². The molecule has 0 N–H and O–H groups in total. The lowest BCUT2D eigenvalue weighted by Gasteiger charge is -2.29. The predicted molar refractivity (Wildman–Crippen MR) is 78.3 cm³/mol. The van der Waals surface area contributed by atoms with Crippen LogP contribution in [0.4, 0.5) is 0 Å². The highest BCUT2D eigenvalue weighted by Crippen LogP contribution is 2.26. The molecule has 0 spiro atoms. The second kappa shape index (κ2) is 8.80. The van der Waals surface area contributed by atoms with Gasteiger partial charge in [0.25, 0.3) is 0 Å². The molecular weight excluding hydrogens is 246 g/mol. The molecule has 0 rings (SSSR count). The quantitative estimate of drug-likeness (QED) is 0.479. The van der Waals surface area contributed by atoms with Crippen LogP contribution in [0.25, 0.3) is 0 Å². The van der Waals surface area contributed by atoms with E-state index in [-0.39, 0.29) is 5.54 Å². The Morgan fingerprint density at radius 1 is 1.06 bits per heavy atom. The third kappa shape index (κ3) is 5.61. The Bertz CT molecular complexity index is 244. The van der Waals surface area contributed by atoms with Crippen LogP contribution in [0.1, 0.15) is 40.5 Å². The van der Waals surface area contributed by atoms with Gasteiger partial charge in [0.15, 0.2) is 0 Å². The highest BCUT2D eigenvalue weighted by atomic mass is 28.4. The molecule has 0 bridgehead atoms. The third-order valence-electron chi connectivity index (χ3n) is 3.10. The molecule has 0 saturated heterocycles. The Morgan fingerprint density at radius 2 is 1.56 bits per heavy atom. The van der Waals surface area contributed by atoms with Crippen LogP contribution in [0.3, 0.4) is 0 Å². The van der Waals surface area contributed by atoms with Gasteiger partial charge >= 0.3 is 8.80 Å². The van der Waals surface area contributed by atoms with Gasteiger partial charge in [-0.25, -0.2) is 0 Å². The third-order valence-corrected chi connectivity index (χ3v) is 6.31. The van der Waals surface area contributed by atoms with Crippen molar-refractivity contribution >= 4 is 14.5 Å². The standard InChI is InChI=1S/C13H29NO3Si/c1-11(2)10-12(3)14-9-8-13(4)18(15-5,16-6)17-7/h11,13H,8-10H2,1-7H3. The molecule has 0 aliphatic carbocycles. The van der Waals surface area contributed by atoms with Crippen molar-refractivity contribution < 1.29 is 13.3 Å². The van der Waals surface area contributed by atoms with Crippen molar-refractivity contribution in [3.05, 3.63) is 0 Å². The minimum absolute atomic E-state index is 0.257. The van der Waals surface area contributed by atoms with Crippen molar-refractivity contribution in [2.45, 2.75) is 46.1 Å². The molecule has 0 aromatic carbocycles. The number of aliphatic imine (C=N–C) groups is 1. The Balaban J connectivity index is 4.28. The smallest absolute Gasteiger partial charge is 0.377 e. The van der Waals surface area contributed by atoms with Crippen LogP contribution in [-0.2, 0) is 13.3 Å². The minimum atomic E-state index is -2.49. The lowest BCUT2D eigenvalue weighted by molar-refractivity contribution is 0.112. The lowest BCUT2D eigenvalue weighted by Crippen LogP contribution is -2.46. The summed E-state index contributed by atoms with van der Waals surface area (Å²) in [6, 6.07) is 0. The van der Waals surface area contributed by atoms with E-state index in [9.17, 15) is 0 Å². The van der Waals surface area contributed by atoms with Gasteiger partial charge in [0, 0.05) is 39.1 Å². The highest BCUT2D eigenvalue weighted by Gasteiger charge is 2.44. The van der Waals surface area contributed by atoms with Crippen molar-refractivity contribution in [1.82, 2.24) is 0 Å². The maximum atomic E-state index is 5.47. The van der Waals surface area contributed by atoms with Crippen LogP contribution in [0.2, 0.25) is 5.54 Å². The van der Waals surface area contributed by atoms with Gasteiger partial charge in [0.2, 0.25) is 0 Å². The largest absolute Gasteiger partial charge is 0.503 e. The minimum Gasteiger partial charge on any atom is -0.377 e. The zero-order chi connectivity index (χ0) is 14.2. The molecule has 1 unspecified atom stereocenters. The van der Waals surface area contributed by atoms with Gasteiger partial charge in [0.05, 0.1) is 0 Å². The number of hydrogen-bond donors (Lipinski definition) is 0. The molecule has 4 nitrogen and oxygen atoms in total. The van der Waals surface area contributed by atoms with Crippen LogP contribution in [0.5, 0.6) is 0 Å². The van der Waals surface area contributed by atoms with Crippen molar-refractivity contribution in [1.29, 1.82) is 0 Å². The van der Waals surface area contributed by atoms with E-state index in [1.807, 2.05) is 0 Å². The first-order chi connectivity index (χ1) is 8.41.